The van der Waals surface area contributed by atoms with Crippen LogP contribution in [0.5, 0.6) is 5.75 Å². The third-order valence-corrected chi connectivity index (χ3v) is 4.47. The molecule has 26 heavy (non-hydrogen) atoms. The van der Waals surface area contributed by atoms with E-state index in [0.717, 1.165) is 35.3 Å². The van der Waals surface area contributed by atoms with Crippen LogP contribution >= 0.6 is 0 Å². The summed E-state index contributed by atoms with van der Waals surface area (Å²) < 4.78 is 5.36. The van der Waals surface area contributed by atoms with Gasteiger partial charge in [0.2, 0.25) is 0 Å². The molecule has 1 aliphatic carbocycles. The van der Waals surface area contributed by atoms with Crippen molar-refractivity contribution in [2.45, 2.75) is 26.2 Å². The van der Waals surface area contributed by atoms with E-state index < -0.39 is 10.9 Å². The fourth-order valence-corrected chi connectivity index (χ4v) is 3.08. The second-order valence-electron chi connectivity index (χ2n) is 5.99. The molecule has 134 valence electrons. The Bertz CT molecular complexity index is 888. The molecule has 3 rings (SSSR count). The lowest BCUT2D eigenvalue weighted by Gasteiger charge is -2.20. The van der Waals surface area contributed by atoms with Crippen LogP contribution in [0.4, 0.5) is 5.69 Å². The molecule has 0 bridgehead atoms. The number of hydrogen-bond acceptors (Lipinski definition) is 6. The van der Waals surface area contributed by atoms with Gasteiger partial charge < -0.3 is 9.57 Å². The molecule has 0 saturated carbocycles. The molecule has 2 aromatic rings. The van der Waals surface area contributed by atoms with Gasteiger partial charge >= 0.3 is 5.97 Å². The number of rotatable bonds is 4. The SMILES string of the molecule is COc1ccc2c(c1C)CCC/C2=N/OC(=O)c1ccc([N+](=O)[O-])cc1. The van der Waals surface area contributed by atoms with Crippen molar-refractivity contribution < 1.29 is 19.3 Å². The largest absolute Gasteiger partial charge is 0.496 e. The molecular formula is C19H18N2O5. The molecule has 0 saturated heterocycles. The maximum atomic E-state index is 12.1. The molecule has 7 heteroatoms. The van der Waals surface area contributed by atoms with E-state index in [1.807, 2.05) is 19.1 Å². The summed E-state index contributed by atoms with van der Waals surface area (Å²) in [7, 11) is 1.64. The first-order chi connectivity index (χ1) is 12.5. The maximum Gasteiger partial charge on any atom is 0.365 e. The molecule has 0 atom stereocenters. The highest BCUT2D eigenvalue weighted by molar-refractivity contribution is 6.03. The van der Waals surface area contributed by atoms with Crippen molar-refractivity contribution in [3.05, 3.63) is 68.8 Å². The summed E-state index contributed by atoms with van der Waals surface area (Å²) in [6.07, 6.45) is 2.55. The Labute approximate surface area is 150 Å². The molecule has 0 heterocycles. The minimum atomic E-state index is -0.648. The van der Waals surface area contributed by atoms with Gasteiger partial charge in [-0.3, -0.25) is 10.1 Å². The highest BCUT2D eigenvalue weighted by atomic mass is 16.7. The molecule has 0 radical (unpaired) electrons. The number of oxime groups is 1. The van der Waals surface area contributed by atoms with Gasteiger partial charge in [0.15, 0.2) is 0 Å². The van der Waals surface area contributed by atoms with Crippen LogP contribution in [-0.4, -0.2) is 23.7 Å². The van der Waals surface area contributed by atoms with Gasteiger partial charge in [0.25, 0.3) is 5.69 Å². The van der Waals surface area contributed by atoms with Crippen molar-refractivity contribution in [1.29, 1.82) is 0 Å². The number of benzene rings is 2. The smallest absolute Gasteiger partial charge is 0.365 e. The first-order valence-electron chi connectivity index (χ1n) is 8.20. The average molecular weight is 354 g/mol. The lowest BCUT2D eigenvalue weighted by molar-refractivity contribution is -0.384. The number of carbonyl (C=O) groups excluding carboxylic acids is 1. The Balaban J connectivity index is 1.80. The van der Waals surface area contributed by atoms with Crippen molar-refractivity contribution in [1.82, 2.24) is 0 Å². The molecule has 0 fully saturated rings. The number of ether oxygens (including phenoxy) is 1. The van der Waals surface area contributed by atoms with Crippen LogP contribution in [-0.2, 0) is 11.3 Å². The van der Waals surface area contributed by atoms with Crippen molar-refractivity contribution >= 4 is 17.4 Å². The van der Waals surface area contributed by atoms with Crippen LogP contribution in [0.3, 0.4) is 0 Å². The number of nitrogens with zero attached hydrogens (tertiary/aromatic N) is 2. The fraction of sp³-hybridized carbons (Fsp3) is 0.263. The average Bonchev–Trinajstić information content (AvgIpc) is 2.66. The number of nitro benzene ring substituents is 1. The van der Waals surface area contributed by atoms with Crippen molar-refractivity contribution in [2.75, 3.05) is 7.11 Å². The highest BCUT2D eigenvalue weighted by Gasteiger charge is 2.20. The number of methoxy groups -OCH3 is 1. The summed E-state index contributed by atoms with van der Waals surface area (Å²) in [5.41, 5.74) is 4.03. The van der Waals surface area contributed by atoms with Gasteiger partial charge in [-0.2, -0.15) is 0 Å². The van der Waals surface area contributed by atoms with Crippen molar-refractivity contribution in [3.8, 4) is 5.75 Å². The second-order valence-corrected chi connectivity index (χ2v) is 5.99. The summed E-state index contributed by atoms with van der Waals surface area (Å²) in [4.78, 5) is 27.3. The number of fused-ring (bicyclic) bond motifs is 1. The zero-order valence-corrected chi connectivity index (χ0v) is 14.5. The minimum absolute atomic E-state index is 0.0847. The number of carbonyl (C=O) groups is 1. The first kappa shape index (κ1) is 17.6. The molecule has 0 aromatic heterocycles. The van der Waals surface area contributed by atoms with Gasteiger partial charge in [0.05, 0.1) is 23.3 Å². The Morgan fingerprint density at radius 1 is 1.15 bits per heavy atom. The van der Waals surface area contributed by atoms with Gasteiger partial charge in [0.1, 0.15) is 5.75 Å². The Morgan fingerprint density at radius 2 is 1.88 bits per heavy atom. The lowest BCUT2D eigenvalue weighted by atomic mass is 9.87. The summed E-state index contributed by atoms with van der Waals surface area (Å²) in [6, 6.07) is 9.03. The molecule has 0 unspecified atom stereocenters. The third kappa shape index (κ3) is 3.42. The van der Waals surface area contributed by atoms with Crippen molar-refractivity contribution in [3.63, 3.8) is 0 Å². The summed E-state index contributed by atoms with van der Waals surface area (Å²) in [5.74, 6) is 0.178. The fourth-order valence-electron chi connectivity index (χ4n) is 3.08. The van der Waals surface area contributed by atoms with E-state index in [1.54, 1.807) is 7.11 Å². The Hall–Kier alpha value is -3.22. The standard InChI is InChI=1S/C19H18N2O5/c1-12-15-4-3-5-17(16(15)10-11-18(12)25-2)20-26-19(22)13-6-8-14(9-7-13)21(23)24/h6-11H,3-5H2,1-2H3/b20-17-. The summed E-state index contributed by atoms with van der Waals surface area (Å²) in [6.45, 7) is 2.00. The van der Waals surface area contributed by atoms with Gasteiger partial charge in [0, 0.05) is 17.7 Å². The minimum Gasteiger partial charge on any atom is -0.496 e. The summed E-state index contributed by atoms with van der Waals surface area (Å²) >= 11 is 0. The van der Waals surface area contributed by atoms with Gasteiger partial charge in [-0.05, 0) is 61.6 Å². The maximum absolute atomic E-state index is 12.1. The predicted molar refractivity (Wildman–Crippen MR) is 95.7 cm³/mol. The van der Waals surface area contributed by atoms with Crippen LogP contribution in [0.1, 0.15) is 39.9 Å². The molecule has 0 N–H and O–H groups in total. The second kappa shape index (κ2) is 7.35. The normalized spacial score (nSPS) is 14.6. The molecule has 0 aliphatic heterocycles. The van der Waals surface area contributed by atoms with Gasteiger partial charge in [-0.15, -0.1) is 0 Å². The highest BCUT2D eigenvalue weighted by Crippen LogP contribution is 2.30. The molecule has 0 spiro atoms. The molecule has 2 aromatic carbocycles. The lowest BCUT2D eigenvalue weighted by Crippen LogP contribution is -2.15. The molecule has 1 aliphatic rings. The van der Waals surface area contributed by atoms with Gasteiger partial charge in [-0.1, -0.05) is 5.16 Å². The van der Waals surface area contributed by atoms with Crippen LogP contribution in [0.25, 0.3) is 0 Å². The first-order valence-corrected chi connectivity index (χ1v) is 8.20. The zero-order chi connectivity index (χ0) is 18.7. The van der Waals surface area contributed by atoms with E-state index >= 15 is 0 Å². The van der Waals surface area contributed by atoms with Crippen LogP contribution in [0.2, 0.25) is 0 Å². The molecule has 0 amide bonds. The van der Waals surface area contributed by atoms with E-state index in [9.17, 15) is 14.9 Å². The van der Waals surface area contributed by atoms with E-state index in [0.29, 0.717) is 12.1 Å². The number of nitro groups is 1. The quantitative estimate of drug-likeness (QED) is 0.473. The zero-order valence-electron chi connectivity index (χ0n) is 14.5. The van der Waals surface area contributed by atoms with Crippen LogP contribution < -0.4 is 4.74 Å². The topological polar surface area (TPSA) is 91.0 Å². The van der Waals surface area contributed by atoms with E-state index in [-0.39, 0.29) is 11.3 Å². The monoisotopic (exact) mass is 354 g/mol. The molecule has 7 nitrogen and oxygen atoms in total. The van der Waals surface area contributed by atoms with E-state index in [4.69, 9.17) is 9.57 Å². The van der Waals surface area contributed by atoms with Gasteiger partial charge in [-0.25, -0.2) is 4.79 Å². The molecular weight excluding hydrogens is 336 g/mol. The number of non-ortho nitro benzene ring substituents is 1. The van der Waals surface area contributed by atoms with Crippen LogP contribution in [0, 0.1) is 17.0 Å². The number of hydrogen-bond donors (Lipinski definition) is 0. The van der Waals surface area contributed by atoms with E-state index in [2.05, 4.69) is 5.16 Å². The van der Waals surface area contributed by atoms with Crippen molar-refractivity contribution in [2.24, 2.45) is 5.16 Å². The Morgan fingerprint density at radius 3 is 2.54 bits per heavy atom. The van der Waals surface area contributed by atoms with E-state index in [1.165, 1.54) is 24.3 Å². The van der Waals surface area contributed by atoms with Crippen LogP contribution in [0.15, 0.2) is 41.6 Å². The third-order valence-electron chi connectivity index (χ3n) is 4.47. The predicted octanol–water partition coefficient (Wildman–Crippen LogP) is 3.81. The summed E-state index contributed by atoms with van der Waals surface area (Å²) in [5, 5.41) is 14.7. The Kier molecular flexibility index (Phi) is 4.97.